The third kappa shape index (κ3) is 4.25. The summed E-state index contributed by atoms with van der Waals surface area (Å²) in [5.74, 6) is 0.598. The second-order valence-electron chi connectivity index (χ2n) is 7.24. The van der Waals surface area contributed by atoms with Gasteiger partial charge in [-0.1, -0.05) is 30.5 Å². The molecular formula is C19H29N3O. The summed E-state index contributed by atoms with van der Waals surface area (Å²) >= 11 is 0. The van der Waals surface area contributed by atoms with Crippen LogP contribution in [-0.2, 0) is 0 Å². The Hall–Kier alpha value is -1.55. The summed E-state index contributed by atoms with van der Waals surface area (Å²) in [4.78, 5) is 14.7. The van der Waals surface area contributed by atoms with E-state index in [0.717, 1.165) is 30.4 Å². The lowest BCUT2D eigenvalue weighted by Crippen LogP contribution is -2.36. The monoisotopic (exact) mass is 315 g/mol. The van der Waals surface area contributed by atoms with Gasteiger partial charge in [0.05, 0.1) is 0 Å². The smallest absolute Gasteiger partial charge is 0.319 e. The Kier molecular flexibility index (Phi) is 5.21. The average Bonchev–Trinajstić information content (AvgIpc) is 3.18. The summed E-state index contributed by atoms with van der Waals surface area (Å²) in [6, 6.07) is 6.81. The first-order chi connectivity index (χ1) is 11.1. The maximum Gasteiger partial charge on any atom is 0.319 e. The van der Waals surface area contributed by atoms with Crippen LogP contribution in [-0.4, -0.2) is 36.6 Å². The number of rotatable bonds is 4. The van der Waals surface area contributed by atoms with E-state index >= 15 is 0 Å². The molecule has 2 fully saturated rings. The van der Waals surface area contributed by atoms with E-state index in [1.165, 1.54) is 44.2 Å². The highest BCUT2D eigenvalue weighted by molar-refractivity contribution is 5.90. The molecule has 1 atom stereocenters. The zero-order valence-electron chi connectivity index (χ0n) is 14.4. The molecule has 0 radical (unpaired) electrons. The van der Waals surface area contributed by atoms with Crippen molar-refractivity contribution in [3.8, 4) is 0 Å². The molecule has 0 unspecified atom stereocenters. The van der Waals surface area contributed by atoms with Crippen molar-refractivity contribution in [1.82, 2.24) is 10.2 Å². The molecule has 2 N–H and O–H groups in total. The Morgan fingerprint density at radius 2 is 2.00 bits per heavy atom. The number of likely N-dealkylation sites (tertiary alicyclic amines) is 1. The van der Waals surface area contributed by atoms with Gasteiger partial charge in [-0.2, -0.15) is 0 Å². The zero-order valence-corrected chi connectivity index (χ0v) is 14.4. The lowest BCUT2D eigenvalue weighted by atomic mass is 10.1. The number of hydrogen-bond donors (Lipinski definition) is 2. The van der Waals surface area contributed by atoms with Gasteiger partial charge in [-0.05, 0) is 57.2 Å². The van der Waals surface area contributed by atoms with Crippen LogP contribution in [0.1, 0.15) is 43.2 Å². The van der Waals surface area contributed by atoms with E-state index in [2.05, 4.69) is 28.5 Å². The zero-order chi connectivity index (χ0) is 16.2. The largest absolute Gasteiger partial charge is 0.338 e. The Bertz CT molecular complexity index is 552. The summed E-state index contributed by atoms with van der Waals surface area (Å²) < 4.78 is 0. The lowest BCUT2D eigenvalue weighted by Gasteiger charge is -2.23. The number of hydrogen-bond acceptors (Lipinski definition) is 2. The predicted molar refractivity (Wildman–Crippen MR) is 94.9 cm³/mol. The Labute approximate surface area is 139 Å². The molecule has 1 aromatic rings. The van der Waals surface area contributed by atoms with E-state index < -0.39 is 0 Å². The molecule has 4 heteroatoms. The molecule has 3 rings (SSSR count). The normalized spacial score (nSPS) is 22.4. The van der Waals surface area contributed by atoms with E-state index in [-0.39, 0.29) is 6.03 Å². The maximum atomic E-state index is 12.1. The van der Waals surface area contributed by atoms with Crippen LogP contribution in [0.5, 0.6) is 0 Å². The van der Waals surface area contributed by atoms with E-state index in [4.69, 9.17) is 0 Å². The van der Waals surface area contributed by atoms with Crippen LogP contribution < -0.4 is 10.6 Å². The van der Waals surface area contributed by atoms with Crippen molar-refractivity contribution in [2.45, 2.75) is 52.0 Å². The van der Waals surface area contributed by atoms with Gasteiger partial charge in [0.2, 0.25) is 0 Å². The van der Waals surface area contributed by atoms with Crippen LogP contribution in [0.3, 0.4) is 0 Å². The molecule has 23 heavy (non-hydrogen) atoms. The van der Waals surface area contributed by atoms with Crippen LogP contribution in [0.2, 0.25) is 0 Å². The summed E-state index contributed by atoms with van der Waals surface area (Å²) in [7, 11) is 0. The number of carbonyl (C=O) groups excluding carboxylic acids is 1. The van der Waals surface area contributed by atoms with Gasteiger partial charge in [0, 0.05) is 24.8 Å². The van der Waals surface area contributed by atoms with Crippen molar-refractivity contribution in [1.29, 1.82) is 0 Å². The van der Waals surface area contributed by atoms with Gasteiger partial charge in [-0.15, -0.1) is 0 Å². The van der Waals surface area contributed by atoms with Gasteiger partial charge in [0.1, 0.15) is 0 Å². The fourth-order valence-corrected chi connectivity index (χ4v) is 3.99. The Morgan fingerprint density at radius 3 is 2.74 bits per heavy atom. The highest BCUT2D eigenvalue weighted by Crippen LogP contribution is 2.28. The second kappa shape index (κ2) is 7.35. The van der Waals surface area contributed by atoms with Gasteiger partial charge >= 0.3 is 6.03 Å². The number of carbonyl (C=O) groups is 1. The summed E-state index contributed by atoms with van der Waals surface area (Å²) in [5.41, 5.74) is 3.21. The molecule has 2 aliphatic rings. The van der Waals surface area contributed by atoms with Crippen LogP contribution >= 0.6 is 0 Å². The van der Waals surface area contributed by atoms with Crippen molar-refractivity contribution in [2.24, 2.45) is 5.92 Å². The van der Waals surface area contributed by atoms with E-state index in [0.29, 0.717) is 5.92 Å². The van der Waals surface area contributed by atoms with Crippen molar-refractivity contribution < 1.29 is 4.79 Å². The highest BCUT2D eigenvalue weighted by atomic mass is 16.2. The number of anilines is 1. The van der Waals surface area contributed by atoms with Crippen LogP contribution in [0.15, 0.2) is 18.2 Å². The van der Waals surface area contributed by atoms with Gasteiger partial charge < -0.3 is 15.5 Å². The average molecular weight is 315 g/mol. The van der Waals surface area contributed by atoms with E-state index in [1.54, 1.807) is 0 Å². The minimum absolute atomic E-state index is 0.0868. The van der Waals surface area contributed by atoms with Crippen molar-refractivity contribution >= 4 is 11.7 Å². The standard InChI is InChI=1S/C19H29N3O/c1-14-7-8-18(15(2)11-14)21-19(23)20-12-16-9-10-22(13-16)17-5-3-4-6-17/h7-8,11,16-17H,3-6,9-10,12-13H2,1-2H3,(H2,20,21,23)/t16-/m1/s1. The van der Waals surface area contributed by atoms with Crippen LogP contribution in [0.4, 0.5) is 10.5 Å². The first-order valence-electron chi connectivity index (χ1n) is 8.98. The molecule has 1 saturated heterocycles. The van der Waals surface area contributed by atoms with Gasteiger partial charge in [0.25, 0.3) is 0 Å². The van der Waals surface area contributed by atoms with Crippen LogP contribution in [0.25, 0.3) is 0 Å². The summed E-state index contributed by atoms with van der Waals surface area (Å²) in [6.07, 6.45) is 6.73. The number of benzene rings is 1. The molecule has 4 nitrogen and oxygen atoms in total. The molecule has 1 aliphatic carbocycles. The summed E-state index contributed by atoms with van der Waals surface area (Å²) in [6.45, 7) is 7.22. The van der Waals surface area contributed by atoms with Crippen molar-refractivity contribution in [2.75, 3.05) is 25.0 Å². The topological polar surface area (TPSA) is 44.4 Å². The van der Waals surface area contributed by atoms with E-state index in [1.807, 2.05) is 19.1 Å². The Balaban J connectivity index is 1.42. The van der Waals surface area contributed by atoms with Crippen molar-refractivity contribution in [3.63, 3.8) is 0 Å². The first kappa shape index (κ1) is 16.3. The SMILES string of the molecule is Cc1ccc(NC(=O)NC[C@H]2CCN(C3CCCC3)C2)c(C)c1. The minimum atomic E-state index is -0.0868. The number of nitrogens with one attached hydrogen (secondary N) is 2. The fraction of sp³-hybridized carbons (Fsp3) is 0.632. The molecule has 0 spiro atoms. The number of amides is 2. The predicted octanol–water partition coefficient (Wildman–Crippen LogP) is 3.69. The molecule has 1 aromatic carbocycles. The third-order valence-corrected chi connectivity index (χ3v) is 5.34. The molecule has 1 aliphatic heterocycles. The molecular weight excluding hydrogens is 286 g/mol. The highest BCUT2D eigenvalue weighted by Gasteiger charge is 2.29. The number of urea groups is 1. The number of nitrogens with zero attached hydrogens (tertiary/aromatic N) is 1. The third-order valence-electron chi connectivity index (χ3n) is 5.34. The quantitative estimate of drug-likeness (QED) is 0.890. The molecule has 0 bridgehead atoms. The Morgan fingerprint density at radius 1 is 1.22 bits per heavy atom. The molecule has 0 aromatic heterocycles. The van der Waals surface area contributed by atoms with Gasteiger partial charge in [-0.3, -0.25) is 0 Å². The van der Waals surface area contributed by atoms with Gasteiger partial charge in [-0.25, -0.2) is 4.79 Å². The molecule has 126 valence electrons. The second-order valence-corrected chi connectivity index (χ2v) is 7.24. The summed E-state index contributed by atoms with van der Waals surface area (Å²) in [5, 5.41) is 6.01. The molecule has 1 heterocycles. The van der Waals surface area contributed by atoms with E-state index in [9.17, 15) is 4.79 Å². The first-order valence-corrected chi connectivity index (χ1v) is 8.98. The lowest BCUT2D eigenvalue weighted by molar-refractivity contribution is 0.234. The number of aryl methyl sites for hydroxylation is 2. The maximum absolute atomic E-state index is 12.1. The molecule has 1 saturated carbocycles. The molecule has 2 amide bonds. The van der Waals surface area contributed by atoms with Crippen LogP contribution in [0, 0.1) is 19.8 Å². The minimum Gasteiger partial charge on any atom is -0.338 e. The van der Waals surface area contributed by atoms with Crippen molar-refractivity contribution in [3.05, 3.63) is 29.3 Å². The fourth-order valence-electron chi connectivity index (χ4n) is 3.99. The van der Waals surface area contributed by atoms with Gasteiger partial charge in [0.15, 0.2) is 0 Å².